The van der Waals surface area contributed by atoms with Crippen LogP contribution in [0.4, 0.5) is 0 Å². The fraction of sp³-hybridized carbons (Fsp3) is 0.0769. The van der Waals surface area contributed by atoms with Gasteiger partial charge in [0.05, 0.1) is 5.56 Å². The summed E-state index contributed by atoms with van der Waals surface area (Å²) in [4.78, 5) is 16.0. The zero-order valence-corrected chi connectivity index (χ0v) is 10.6. The maximum absolute atomic E-state index is 12.1. The molecule has 0 spiro atoms. The number of benzene rings is 1. The Balaban J connectivity index is 2.40. The first kappa shape index (κ1) is 12.1. The number of carbonyl (C=O) groups is 1. The first-order valence-electron chi connectivity index (χ1n) is 5.01. The van der Waals surface area contributed by atoms with Crippen molar-refractivity contribution >= 4 is 29.0 Å². The van der Waals surface area contributed by atoms with Crippen molar-refractivity contribution < 1.29 is 4.79 Å². The molecule has 2 aromatic rings. The molecule has 0 radical (unpaired) electrons. The minimum atomic E-state index is -0.154. The van der Waals surface area contributed by atoms with Gasteiger partial charge in [-0.15, -0.1) is 0 Å². The predicted octanol–water partition coefficient (Wildman–Crippen LogP) is 3.93. The van der Waals surface area contributed by atoms with E-state index in [9.17, 15) is 4.79 Å². The molecule has 0 atom stereocenters. The summed E-state index contributed by atoms with van der Waals surface area (Å²) in [6.45, 7) is 1.96. The standard InChI is InChI=1S/C13H9Cl2NO/c1-8-2-4-9(5-3-8)12(17)10-6-7-11(14)16-13(10)15/h2-7H,1H3. The Morgan fingerprint density at radius 3 is 2.29 bits per heavy atom. The van der Waals surface area contributed by atoms with E-state index in [1.165, 1.54) is 0 Å². The number of aryl methyl sites for hydroxylation is 1. The van der Waals surface area contributed by atoms with Crippen LogP contribution in [0.1, 0.15) is 21.5 Å². The van der Waals surface area contributed by atoms with Crippen LogP contribution in [0, 0.1) is 6.92 Å². The van der Waals surface area contributed by atoms with Gasteiger partial charge in [0.1, 0.15) is 10.3 Å². The van der Waals surface area contributed by atoms with Gasteiger partial charge in [-0.2, -0.15) is 0 Å². The summed E-state index contributed by atoms with van der Waals surface area (Å²) in [7, 11) is 0. The highest BCUT2D eigenvalue weighted by Crippen LogP contribution is 2.20. The summed E-state index contributed by atoms with van der Waals surface area (Å²) < 4.78 is 0. The number of nitrogens with zero attached hydrogens (tertiary/aromatic N) is 1. The zero-order valence-electron chi connectivity index (χ0n) is 9.08. The lowest BCUT2D eigenvalue weighted by Gasteiger charge is -2.03. The van der Waals surface area contributed by atoms with Crippen LogP contribution >= 0.6 is 23.2 Å². The number of carbonyl (C=O) groups excluding carboxylic acids is 1. The van der Waals surface area contributed by atoms with Crippen molar-refractivity contribution in [2.75, 3.05) is 0 Å². The summed E-state index contributed by atoms with van der Waals surface area (Å²) in [5, 5.41) is 0.401. The number of aromatic nitrogens is 1. The molecule has 1 heterocycles. The molecular formula is C13H9Cl2NO. The molecule has 0 amide bonds. The molecular weight excluding hydrogens is 257 g/mol. The maximum atomic E-state index is 12.1. The third-order valence-electron chi connectivity index (χ3n) is 2.37. The second-order valence-electron chi connectivity index (χ2n) is 3.67. The average Bonchev–Trinajstić information content (AvgIpc) is 2.29. The Kier molecular flexibility index (Phi) is 3.46. The molecule has 4 heteroatoms. The molecule has 0 aliphatic carbocycles. The summed E-state index contributed by atoms with van der Waals surface area (Å²) in [5.74, 6) is -0.154. The Bertz CT molecular complexity index is 564. The maximum Gasteiger partial charge on any atom is 0.196 e. The molecule has 0 aliphatic rings. The predicted molar refractivity (Wildman–Crippen MR) is 68.9 cm³/mol. The minimum Gasteiger partial charge on any atom is -0.288 e. The lowest BCUT2D eigenvalue weighted by atomic mass is 10.0. The van der Waals surface area contributed by atoms with Crippen LogP contribution < -0.4 is 0 Å². The molecule has 86 valence electrons. The quantitative estimate of drug-likeness (QED) is 0.609. The van der Waals surface area contributed by atoms with Crippen LogP contribution in [-0.2, 0) is 0 Å². The number of rotatable bonds is 2. The van der Waals surface area contributed by atoms with Crippen LogP contribution in [0.2, 0.25) is 10.3 Å². The third-order valence-corrected chi connectivity index (χ3v) is 2.87. The molecule has 0 saturated heterocycles. The first-order chi connectivity index (χ1) is 8.08. The number of hydrogen-bond acceptors (Lipinski definition) is 2. The molecule has 0 bridgehead atoms. The van der Waals surface area contributed by atoms with Gasteiger partial charge in [-0.25, -0.2) is 4.98 Å². The van der Waals surface area contributed by atoms with Crippen molar-refractivity contribution in [1.82, 2.24) is 4.98 Å². The first-order valence-corrected chi connectivity index (χ1v) is 5.77. The fourth-order valence-corrected chi connectivity index (χ4v) is 1.87. The van der Waals surface area contributed by atoms with Crippen molar-refractivity contribution in [3.8, 4) is 0 Å². The van der Waals surface area contributed by atoms with E-state index in [-0.39, 0.29) is 16.1 Å². The SMILES string of the molecule is Cc1ccc(C(=O)c2ccc(Cl)nc2Cl)cc1. The topological polar surface area (TPSA) is 30.0 Å². The molecule has 2 rings (SSSR count). The van der Waals surface area contributed by atoms with E-state index in [1.54, 1.807) is 24.3 Å². The van der Waals surface area contributed by atoms with Gasteiger partial charge in [0.15, 0.2) is 5.78 Å². The Labute approximate surface area is 109 Å². The van der Waals surface area contributed by atoms with Crippen LogP contribution in [0.3, 0.4) is 0 Å². The van der Waals surface area contributed by atoms with E-state index in [4.69, 9.17) is 23.2 Å². The highest BCUT2D eigenvalue weighted by atomic mass is 35.5. The largest absolute Gasteiger partial charge is 0.288 e. The number of halogens is 2. The van der Waals surface area contributed by atoms with Gasteiger partial charge in [-0.3, -0.25) is 4.79 Å². The van der Waals surface area contributed by atoms with Gasteiger partial charge in [0.25, 0.3) is 0 Å². The van der Waals surface area contributed by atoms with Crippen molar-refractivity contribution in [2.45, 2.75) is 6.92 Å². The molecule has 0 unspecified atom stereocenters. The lowest BCUT2D eigenvalue weighted by Crippen LogP contribution is -2.03. The molecule has 17 heavy (non-hydrogen) atoms. The molecule has 1 aromatic heterocycles. The smallest absolute Gasteiger partial charge is 0.196 e. The summed E-state index contributed by atoms with van der Waals surface area (Å²) in [5.41, 5.74) is 2.04. The lowest BCUT2D eigenvalue weighted by molar-refractivity contribution is 0.103. The average molecular weight is 266 g/mol. The second kappa shape index (κ2) is 4.86. The number of ketones is 1. The van der Waals surface area contributed by atoms with Crippen molar-refractivity contribution in [3.63, 3.8) is 0 Å². The summed E-state index contributed by atoms with van der Waals surface area (Å²) >= 11 is 11.6. The minimum absolute atomic E-state index is 0.128. The molecule has 0 saturated carbocycles. The summed E-state index contributed by atoms with van der Waals surface area (Å²) in [6.07, 6.45) is 0. The zero-order chi connectivity index (χ0) is 12.4. The van der Waals surface area contributed by atoms with E-state index >= 15 is 0 Å². The monoisotopic (exact) mass is 265 g/mol. The van der Waals surface area contributed by atoms with Gasteiger partial charge in [0, 0.05) is 5.56 Å². The fourth-order valence-electron chi connectivity index (χ4n) is 1.44. The molecule has 0 N–H and O–H groups in total. The van der Waals surface area contributed by atoms with Crippen molar-refractivity contribution in [3.05, 3.63) is 63.4 Å². The summed E-state index contributed by atoms with van der Waals surface area (Å²) in [6, 6.07) is 10.4. The third kappa shape index (κ3) is 2.65. The Hall–Kier alpha value is -1.38. The van der Waals surface area contributed by atoms with Crippen LogP contribution in [0.15, 0.2) is 36.4 Å². The highest BCUT2D eigenvalue weighted by Gasteiger charge is 2.13. The van der Waals surface area contributed by atoms with Gasteiger partial charge >= 0.3 is 0 Å². The molecule has 0 aliphatic heterocycles. The Morgan fingerprint density at radius 2 is 1.71 bits per heavy atom. The number of hydrogen-bond donors (Lipinski definition) is 0. The van der Waals surface area contributed by atoms with Crippen LogP contribution in [-0.4, -0.2) is 10.8 Å². The van der Waals surface area contributed by atoms with Gasteiger partial charge in [-0.05, 0) is 19.1 Å². The van der Waals surface area contributed by atoms with Crippen molar-refractivity contribution in [2.24, 2.45) is 0 Å². The Morgan fingerprint density at radius 1 is 1.06 bits per heavy atom. The normalized spacial score (nSPS) is 10.3. The highest BCUT2D eigenvalue weighted by molar-refractivity contribution is 6.35. The molecule has 1 aromatic carbocycles. The van der Waals surface area contributed by atoms with E-state index in [1.807, 2.05) is 19.1 Å². The molecule has 0 fully saturated rings. The van der Waals surface area contributed by atoms with E-state index in [2.05, 4.69) is 4.98 Å². The van der Waals surface area contributed by atoms with Gasteiger partial charge in [-0.1, -0.05) is 53.0 Å². The van der Waals surface area contributed by atoms with E-state index < -0.39 is 0 Å². The second-order valence-corrected chi connectivity index (χ2v) is 4.41. The number of pyridine rings is 1. The van der Waals surface area contributed by atoms with Crippen LogP contribution in [0.25, 0.3) is 0 Å². The van der Waals surface area contributed by atoms with E-state index in [0.29, 0.717) is 11.1 Å². The van der Waals surface area contributed by atoms with E-state index in [0.717, 1.165) is 5.56 Å². The van der Waals surface area contributed by atoms with Gasteiger partial charge < -0.3 is 0 Å². The van der Waals surface area contributed by atoms with Crippen LogP contribution in [0.5, 0.6) is 0 Å². The molecule has 2 nitrogen and oxygen atoms in total. The van der Waals surface area contributed by atoms with Gasteiger partial charge in [0.2, 0.25) is 0 Å². The van der Waals surface area contributed by atoms with Crippen molar-refractivity contribution in [1.29, 1.82) is 0 Å².